The molecule has 1 atom stereocenters. The van der Waals surface area contributed by atoms with E-state index in [0.29, 0.717) is 25.2 Å². The molecule has 1 fully saturated rings. The molecule has 5 heteroatoms. The monoisotopic (exact) mass is 235 g/mol. The highest BCUT2D eigenvalue weighted by Crippen LogP contribution is 2.21. The van der Waals surface area contributed by atoms with Crippen molar-refractivity contribution < 1.29 is 9.90 Å². The van der Waals surface area contributed by atoms with Crippen LogP contribution >= 0.6 is 0 Å². The van der Waals surface area contributed by atoms with Crippen molar-refractivity contribution in [3.8, 4) is 0 Å². The predicted octanol–water partition coefficient (Wildman–Crippen LogP) is 0.854. The predicted molar refractivity (Wildman–Crippen MR) is 62.4 cm³/mol. The van der Waals surface area contributed by atoms with Gasteiger partial charge in [0, 0.05) is 25.5 Å². The first-order chi connectivity index (χ1) is 8.08. The molecule has 1 aliphatic rings. The summed E-state index contributed by atoms with van der Waals surface area (Å²) in [7, 11) is 0. The second-order valence-electron chi connectivity index (χ2n) is 4.73. The van der Waals surface area contributed by atoms with Crippen molar-refractivity contribution in [2.75, 3.05) is 13.1 Å². The zero-order chi connectivity index (χ0) is 12.3. The summed E-state index contributed by atoms with van der Waals surface area (Å²) in [5, 5.41) is 9.96. The Bertz CT molecular complexity index is 392. The van der Waals surface area contributed by atoms with Gasteiger partial charge >= 0.3 is 0 Å². The molecule has 0 saturated carbocycles. The molecule has 0 aromatic carbocycles. The summed E-state index contributed by atoms with van der Waals surface area (Å²) < 4.78 is 0. The Balaban J connectivity index is 2.06. The van der Waals surface area contributed by atoms with Crippen molar-refractivity contribution >= 4 is 5.91 Å². The summed E-state index contributed by atoms with van der Waals surface area (Å²) in [6.07, 6.45) is 6.70. The van der Waals surface area contributed by atoms with Gasteiger partial charge in [-0.05, 0) is 26.2 Å². The largest absolute Gasteiger partial charge is 0.390 e. The van der Waals surface area contributed by atoms with E-state index in [0.717, 1.165) is 12.8 Å². The normalized spacial score (nSPS) is 25.4. The van der Waals surface area contributed by atoms with Crippen molar-refractivity contribution in [2.45, 2.75) is 31.8 Å². The first-order valence-electron chi connectivity index (χ1n) is 5.86. The number of carbonyl (C=O) groups is 1. The van der Waals surface area contributed by atoms with Crippen LogP contribution in [0.1, 0.15) is 36.7 Å². The van der Waals surface area contributed by atoms with Crippen LogP contribution in [0.25, 0.3) is 0 Å². The summed E-state index contributed by atoms with van der Waals surface area (Å²) in [4.78, 5) is 21.7. The molecule has 2 rings (SSSR count). The van der Waals surface area contributed by atoms with Crippen LogP contribution in [0.15, 0.2) is 18.6 Å². The molecule has 1 amide bonds. The van der Waals surface area contributed by atoms with Crippen molar-refractivity contribution in [1.29, 1.82) is 0 Å². The molecule has 1 unspecified atom stereocenters. The fraction of sp³-hybridized carbons (Fsp3) is 0.583. The minimum Gasteiger partial charge on any atom is -0.390 e. The van der Waals surface area contributed by atoms with Gasteiger partial charge in [0.15, 0.2) is 0 Å². The minimum atomic E-state index is -0.655. The minimum absolute atomic E-state index is 0.101. The standard InChI is InChI=1S/C12H17N3O2/c1-12(17)3-2-7-15(8-4-12)11(16)10-9-13-5-6-14-10/h5-6,9,17H,2-4,7-8H2,1H3. The van der Waals surface area contributed by atoms with E-state index in [4.69, 9.17) is 0 Å². The van der Waals surface area contributed by atoms with Gasteiger partial charge in [-0.15, -0.1) is 0 Å². The van der Waals surface area contributed by atoms with E-state index >= 15 is 0 Å². The van der Waals surface area contributed by atoms with Crippen molar-refractivity contribution in [3.63, 3.8) is 0 Å². The maximum Gasteiger partial charge on any atom is 0.274 e. The zero-order valence-electron chi connectivity index (χ0n) is 9.96. The molecule has 1 aliphatic heterocycles. The molecule has 1 aromatic rings. The van der Waals surface area contributed by atoms with E-state index in [2.05, 4.69) is 9.97 Å². The molecule has 0 bridgehead atoms. The zero-order valence-corrected chi connectivity index (χ0v) is 9.96. The smallest absolute Gasteiger partial charge is 0.274 e. The van der Waals surface area contributed by atoms with Crippen LogP contribution in [0.5, 0.6) is 0 Å². The van der Waals surface area contributed by atoms with Crippen LogP contribution in [0, 0.1) is 0 Å². The second-order valence-corrected chi connectivity index (χ2v) is 4.73. The maximum absolute atomic E-state index is 12.1. The van der Waals surface area contributed by atoms with Crippen LogP contribution in [0.2, 0.25) is 0 Å². The number of hydrogen-bond donors (Lipinski definition) is 1. The molecule has 0 radical (unpaired) electrons. The summed E-state index contributed by atoms with van der Waals surface area (Å²) in [5.74, 6) is -0.101. The number of nitrogens with zero attached hydrogens (tertiary/aromatic N) is 3. The average Bonchev–Trinajstić information content (AvgIpc) is 2.50. The molecular weight excluding hydrogens is 218 g/mol. The van der Waals surface area contributed by atoms with Crippen LogP contribution in [-0.2, 0) is 0 Å². The van der Waals surface area contributed by atoms with E-state index < -0.39 is 5.60 Å². The topological polar surface area (TPSA) is 66.3 Å². The van der Waals surface area contributed by atoms with Gasteiger partial charge in [-0.2, -0.15) is 0 Å². The second kappa shape index (κ2) is 4.79. The highest BCUT2D eigenvalue weighted by molar-refractivity contribution is 5.91. The van der Waals surface area contributed by atoms with Crippen molar-refractivity contribution in [1.82, 2.24) is 14.9 Å². The molecule has 1 N–H and O–H groups in total. The van der Waals surface area contributed by atoms with Gasteiger partial charge in [-0.25, -0.2) is 4.98 Å². The molecule has 5 nitrogen and oxygen atoms in total. The number of rotatable bonds is 1. The van der Waals surface area contributed by atoms with Crippen LogP contribution in [-0.4, -0.2) is 44.6 Å². The van der Waals surface area contributed by atoms with E-state index in [1.807, 2.05) is 6.92 Å². The molecule has 92 valence electrons. The first-order valence-corrected chi connectivity index (χ1v) is 5.86. The summed E-state index contributed by atoms with van der Waals surface area (Å²) >= 11 is 0. The van der Waals surface area contributed by atoms with E-state index in [-0.39, 0.29) is 5.91 Å². The molecule has 17 heavy (non-hydrogen) atoms. The molecule has 0 spiro atoms. The third-order valence-electron chi connectivity index (χ3n) is 3.13. The lowest BCUT2D eigenvalue weighted by Crippen LogP contribution is -2.34. The Hall–Kier alpha value is -1.49. The molecule has 1 aromatic heterocycles. The Labute approximate surface area is 100 Å². The van der Waals surface area contributed by atoms with Crippen LogP contribution in [0.4, 0.5) is 0 Å². The Morgan fingerprint density at radius 2 is 2.24 bits per heavy atom. The lowest BCUT2D eigenvalue weighted by molar-refractivity contribution is 0.0437. The lowest BCUT2D eigenvalue weighted by Gasteiger charge is -2.22. The first kappa shape index (κ1) is 12.0. The van der Waals surface area contributed by atoms with Gasteiger partial charge < -0.3 is 10.0 Å². The fourth-order valence-electron chi connectivity index (χ4n) is 2.04. The average molecular weight is 235 g/mol. The fourth-order valence-corrected chi connectivity index (χ4v) is 2.04. The van der Waals surface area contributed by atoms with Gasteiger partial charge in [-0.3, -0.25) is 9.78 Å². The molecular formula is C12H17N3O2. The van der Waals surface area contributed by atoms with Crippen molar-refractivity contribution in [2.24, 2.45) is 0 Å². The van der Waals surface area contributed by atoms with E-state index in [1.165, 1.54) is 12.4 Å². The number of carbonyl (C=O) groups excluding carboxylic acids is 1. The maximum atomic E-state index is 12.1. The summed E-state index contributed by atoms with van der Waals surface area (Å²) in [5.41, 5.74) is -0.286. The van der Waals surface area contributed by atoms with Gasteiger partial charge in [0.1, 0.15) is 5.69 Å². The number of likely N-dealkylation sites (tertiary alicyclic amines) is 1. The number of aliphatic hydroxyl groups is 1. The lowest BCUT2D eigenvalue weighted by atomic mass is 9.98. The van der Waals surface area contributed by atoms with Crippen LogP contribution in [0.3, 0.4) is 0 Å². The molecule has 2 heterocycles. The summed E-state index contributed by atoms with van der Waals surface area (Å²) in [6.45, 7) is 3.07. The van der Waals surface area contributed by atoms with Gasteiger partial charge in [0.05, 0.1) is 11.8 Å². The van der Waals surface area contributed by atoms with Crippen molar-refractivity contribution in [3.05, 3.63) is 24.3 Å². The highest BCUT2D eigenvalue weighted by Gasteiger charge is 2.27. The molecule has 0 aliphatic carbocycles. The quantitative estimate of drug-likeness (QED) is 0.783. The van der Waals surface area contributed by atoms with E-state index in [9.17, 15) is 9.90 Å². The SMILES string of the molecule is CC1(O)CCCN(C(=O)c2cnccn2)CC1. The van der Waals surface area contributed by atoms with Gasteiger partial charge in [-0.1, -0.05) is 0 Å². The highest BCUT2D eigenvalue weighted by atomic mass is 16.3. The van der Waals surface area contributed by atoms with Gasteiger partial charge in [0.25, 0.3) is 5.91 Å². The molecule has 1 saturated heterocycles. The number of hydrogen-bond acceptors (Lipinski definition) is 4. The van der Waals surface area contributed by atoms with Crippen LogP contribution < -0.4 is 0 Å². The van der Waals surface area contributed by atoms with Gasteiger partial charge in [0.2, 0.25) is 0 Å². The third kappa shape index (κ3) is 3.00. The summed E-state index contributed by atoms with van der Waals surface area (Å²) in [6, 6.07) is 0. The Kier molecular flexibility index (Phi) is 3.38. The van der Waals surface area contributed by atoms with E-state index in [1.54, 1.807) is 11.1 Å². The number of aromatic nitrogens is 2. The third-order valence-corrected chi connectivity index (χ3v) is 3.13. The Morgan fingerprint density at radius 3 is 2.94 bits per heavy atom. The Morgan fingerprint density at radius 1 is 1.41 bits per heavy atom. The number of amides is 1.